The first-order chi connectivity index (χ1) is 12.9. The highest BCUT2D eigenvalue weighted by atomic mass is 19.4. The molecular formula is C19H10F4N4. The fourth-order valence-electron chi connectivity index (χ4n) is 2.77. The summed E-state index contributed by atoms with van der Waals surface area (Å²) in [7, 11) is 0. The van der Waals surface area contributed by atoms with Crippen molar-refractivity contribution in [3.05, 3.63) is 72.7 Å². The summed E-state index contributed by atoms with van der Waals surface area (Å²) in [6.45, 7) is 0. The third kappa shape index (κ3) is 3.21. The molecule has 0 saturated heterocycles. The van der Waals surface area contributed by atoms with Gasteiger partial charge in [-0.05, 0) is 41.5 Å². The largest absolute Gasteiger partial charge is 0.433 e. The van der Waals surface area contributed by atoms with E-state index in [0.29, 0.717) is 22.2 Å². The minimum atomic E-state index is -4.55. The van der Waals surface area contributed by atoms with E-state index in [-0.39, 0.29) is 11.2 Å². The Morgan fingerprint density at radius 2 is 1.67 bits per heavy atom. The number of hydrogen-bond acceptors (Lipinski definition) is 4. The minimum Gasteiger partial charge on any atom is -0.261 e. The van der Waals surface area contributed by atoms with Crippen LogP contribution in [0.1, 0.15) is 5.69 Å². The highest BCUT2D eigenvalue weighted by Crippen LogP contribution is 2.33. The molecule has 0 fully saturated rings. The molecule has 0 radical (unpaired) electrons. The van der Waals surface area contributed by atoms with E-state index in [1.54, 1.807) is 18.2 Å². The molecule has 0 aliphatic carbocycles. The number of halogens is 4. The number of aromatic nitrogens is 4. The average Bonchev–Trinajstić information content (AvgIpc) is 2.67. The number of alkyl halides is 3. The van der Waals surface area contributed by atoms with Gasteiger partial charge < -0.3 is 0 Å². The van der Waals surface area contributed by atoms with E-state index >= 15 is 0 Å². The zero-order chi connectivity index (χ0) is 19.0. The van der Waals surface area contributed by atoms with Crippen LogP contribution in [0.25, 0.3) is 33.4 Å². The van der Waals surface area contributed by atoms with E-state index in [9.17, 15) is 17.6 Å². The van der Waals surface area contributed by atoms with Gasteiger partial charge in [-0.15, -0.1) is 0 Å². The molecule has 0 spiro atoms. The first-order valence-corrected chi connectivity index (χ1v) is 7.83. The van der Waals surface area contributed by atoms with E-state index in [1.807, 2.05) is 0 Å². The van der Waals surface area contributed by atoms with Crippen LogP contribution in [0.4, 0.5) is 17.6 Å². The number of rotatable bonds is 2. The van der Waals surface area contributed by atoms with Crippen molar-refractivity contribution < 1.29 is 17.6 Å². The quantitative estimate of drug-likeness (QED) is 0.471. The fourth-order valence-corrected chi connectivity index (χ4v) is 2.77. The standard InChI is InChI=1S/C19H10F4N4/c20-15-3-1-11(9-14(15)16-10-24-7-8-25-16)12-5-6-26-18-13(12)2-4-17(27-18)19(21,22)23/h1-10H. The van der Waals surface area contributed by atoms with Crippen LogP contribution in [0.5, 0.6) is 0 Å². The molecular weight excluding hydrogens is 360 g/mol. The molecule has 8 heteroatoms. The summed E-state index contributed by atoms with van der Waals surface area (Å²) in [6.07, 6.45) is 1.18. The Kier molecular flexibility index (Phi) is 4.02. The summed E-state index contributed by atoms with van der Waals surface area (Å²) >= 11 is 0. The van der Waals surface area contributed by atoms with E-state index < -0.39 is 17.7 Å². The Bertz CT molecular complexity index is 1130. The van der Waals surface area contributed by atoms with Crippen LogP contribution in [0.3, 0.4) is 0 Å². The van der Waals surface area contributed by atoms with Crippen LogP contribution in [0.15, 0.2) is 61.2 Å². The van der Waals surface area contributed by atoms with Crippen molar-refractivity contribution in [1.29, 1.82) is 0 Å². The molecule has 1 aromatic carbocycles. The van der Waals surface area contributed by atoms with Crippen molar-refractivity contribution in [1.82, 2.24) is 19.9 Å². The molecule has 4 rings (SSSR count). The highest BCUT2D eigenvalue weighted by molar-refractivity contribution is 5.93. The molecule has 27 heavy (non-hydrogen) atoms. The molecule has 0 aliphatic rings. The molecule has 0 aliphatic heterocycles. The summed E-state index contributed by atoms with van der Waals surface area (Å²) in [6, 6.07) is 8.26. The summed E-state index contributed by atoms with van der Waals surface area (Å²) < 4.78 is 52.9. The van der Waals surface area contributed by atoms with E-state index in [1.165, 1.54) is 36.9 Å². The molecule has 4 nitrogen and oxygen atoms in total. The van der Waals surface area contributed by atoms with Crippen molar-refractivity contribution in [2.45, 2.75) is 6.18 Å². The Labute approximate surface area is 150 Å². The van der Waals surface area contributed by atoms with Gasteiger partial charge in [-0.2, -0.15) is 13.2 Å². The van der Waals surface area contributed by atoms with E-state index in [2.05, 4.69) is 19.9 Å². The van der Waals surface area contributed by atoms with Crippen molar-refractivity contribution >= 4 is 11.0 Å². The lowest BCUT2D eigenvalue weighted by Crippen LogP contribution is -2.08. The maximum atomic E-state index is 14.3. The second-order valence-corrected chi connectivity index (χ2v) is 5.71. The Balaban J connectivity index is 1.88. The SMILES string of the molecule is Fc1ccc(-c2ccnc3nc(C(F)(F)F)ccc23)cc1-c1cnccn1. The maximum Gasteiger partial charge on any atom is 0.433 e. The zero-order valence-corrected chi connectivity index (χ0v) is 13.6. The van der Waals surface area contributed by atoms with Crippen LogP contribution in [0, 0.1) is 5.82 Å². The predicted molar refractivity (Wildman–Crippen MR) is 91.0 cm³/mol. The molecule has 0 N–H and O–H groups in total. The molecule has 3 heterocycles. The van der Waals surface area contributed by atoms with E-state index in [0.717, 1.165) is 6.07 Å². The fraction of sp³-hybridized carbons (Fsp3) is 0.0526. The lowest BCUT2D eigenvalue weighted by atomic mass is 9.99. The maximum absolute atomic E-state index is 14.3. The normalized spacial score (nSPS) is 11.7. The van der Waals surface area contributed by atoms with Gasteiger partial charge in [0.15, 0.2) is 5.65 Å². The lowest BCUT2D eigenvalue weighted by Gasteiger charge is -2.10. The van der Waals surface area contributed by atoms with Crippen molar-refractivity contribution in [2.24, 2.45) is 0 Å². The average molecular weight is 370 g/mol. The molecule has 3 aromatic heterocycles. The van der Waals surface area contributed by atoms with Crippen LogP contribution >= 0.6 is 0 Å². The summed E-state index contributed by atoms with van der Waals surface area (Å²) in [5.74, 6) is -0.477. The first-order valence-electron chi connectivity index (χ1n) is 7.83. The van der Waals surface area contributed by atoms with Gasteiger partial charge >= 0.3 is 6.18 Å². The van der Waals surface area contributed by atoms with Crippen LogP contribution in [-0.2, 0) is 6.18 Å². The monoisotopic (exact) mass is 370 g/mol. The third-order valence-electron chi connectivity index (χ3n) is 4.01. The third-order valence-corrected chi connectivity index (χ3v) is 4.01. The molecule has 0 unspecified atom stereocenters. The minimum absolute atomic E-state index is 0.0345. The van der Waals surface area contributed by atoms with Gasteiger partial charge in [-0.3, -0.25) is 9.97 Å². The van der Waals surface area contributed by atoms with Crippen LogP contribution < -0.4 is 0 Å². The topological polar surface area (TPSA) is 51.6 Å². The smallest absolute Gasteiger partial charge is 0.261 e. The summed E-state index contributed by atoms with van der Waals surface area (Å²) in [5, 5.41) is 0.433. The molecule has 0 bridgehead atoms. The Hall–Kier alpha value is -3.42. The number of pyridine rings is 2. The molecule has 134 valence electrons. The predicted octanol–water partition coefficient (Wildman–Crippen LogP) is 4.91. The number of benzene rings is 1. The second kappa shape index (κ2) is 6.39. The van der Waals surface area contributed by atoms with Crippen molar-refractivity contribution in [3.63, 3.8) is 0 Å². The van der Waals surface area contributed by atoms with Crippen LogP contribution in [0.2, 0.25) is 0 Å². The van der Waals surface area contributed by atoms with Gasteiger partial charge in [0.05, 0.1) is 11.9 Å². The zero-order valence-electron chi connectivity index (χ0n) is 13.6. The summed E-state index contributed by atoms with van der Waals surface area (Å²) in [4.78, 5) is 15.6. The molecule has 0 amide bonds. The Morgan fingerprint density at radius 3 is 2.41 bits per heavy atom. The first kappa shape index (κ1) is 17.0. The van der Waals surface area contributed by atoms with Gasteiger partial charge in [0.2, 0.25) is 0 Å². The molecule has 0 atom stereocenters. The second-order valence-electron chi connectivity index (χ2n) is 5.71. The molecule has 4 aromatic rings. The van der Waals surface area contributed by atoms with Crippen molar-refractivity contribution in [3.8, 4) is 22.4 Å². The van der Waals surface area contributed by atoms with E-state index in [4.69, 9.17) is 0 Å². The number of fused-ring (bicyclic) bond motifs is 1. The highest BCUT2D eigenvalue weighted by Gasteiger charge is 2.32. The lowest BCUT2D eigenvalue weighted by molar-refractivity contribution is -0.141. The molecule has 0 saturated carbocycles. The van der Waals surface area contributed by atoms with Gasteiger partial charge in [0, 0.05) is 29.5 Å². The van der Waals surface area contributed by atoms with Gasteiger partial charge in [-0.25, -0.2) is 14.4 Å². The van der Waals surface area contributed by atoms with Gasteiger partial charge in [0.25, 0.3) is 0 Å². The van der Waals surface area contributed by atoms with Gasteiger partial charge in [0.1, 0.15) is 11.5 Å². The number of nitrogens with zero attached hydrogens (tertiary/aromatic N) is 4. The van der Waals surface area contributed by atoms with Gasteiger partial charge in [-0.1, -0.05) is 6.07 Å². The van der Waals surface area contributed by atoms with Crippen molar-refractivity contribution in [2.75, 3.05) is 0 Å². The summed E-state index contributed by atoms with van der Waals surface area (Å²) in [5.41, 5.74) is 0.738. The van der Waals surface area contributed by atoms with Crippen LogP contribution in [-0.4, -0.2) is 19.9 Å². The number of hydrogen-bond donors (Lipinski definition) is 0. The Morgan fingerprint density at radius 1 is 0.815 bits per heavy atom.